The topological polar surface area (TPSA) is 49.7 Å². The summed E-state index contributed by atoms with van der Waals surface area (Å²) in [4.78, 5) is 0. The number of benzene rings is 1. The zero-order valence-corrected chi connectivity index (χ0v) is 16.0. The van der Waals surface area contributed by atoms with E-state index in [2.05, 4.69) is 6.92 Å². The molecule has 0 fully saturated rings. The minimum Gasteiger partial charge on any atom is -0.390 e. The molecule has 1 rings (SSSR count). The first kappa shape index (κ1) is 22.1. The van der Waals surface area contributed by atoms with E-state index in [0.29, 0.717) is 26.1 Å². The van der Waals surface area contributed by atoms with Crippen LogP contribution in [-0.2, 0) is 11.3 Å². The minimum atomic E-state index is -0.620. The van der Waals surface area contributed by atoms with Crippen LogP contribution in [-0.4, -0.2) is 29.0 Å². The molecule has 0 unspecified atom stereocenters. The number of hydrogen-bond acceptors (Lipinski definition) is 3. The minimum absolute atomic E-state index is 0.589. The highest BCUT2D eigenvalue weighted by molar-refractivity contribution is 5.13. The monoisotopic (exact) mass is 350 g/mol. The third kappa shape index (κ3) is 12.1. The van der Waals surface area contributed by atoms with Crippen molar-refractivity contribution >= 4 is 0 Å². The first-order valence-corrected chi connectivity index (χ1v) is 10.2. The Balaban J connectivity index is 1.92. The fourth-order valence-electron chi connectivity index (χ4n) is 3.03. The molecule has 0 aliphatic rings. The Kier molecular flexibility index (Phi) is 13.6. The summed E-state index contributed by atoms with van der Waals surface area (Å²) in [6.45, 7) is 3.47. The maximum absolute atomic E-state index is 10.0. The summed E-state index contributed by atoms with van der Waals surface area (Å²) >= 11 is 0. The molecule has 0 spiro atoms. The predicted octanol–water partition coefficient (Wildman–Crippen LogP) is 5.24. The van der Waals surface area contributed by atoms with Gasteiger partial charge in [-0.2, -0.15) is 0 Å². The van der Waals surface area contributed by atoms with Gasteiger partial charge in [0, 0.05) is 6.61 Å². The van der Waals surface area contributed by atoms with Gasteiger partial charge in [-0.1, -0.05) is 88.6 Å². The molecular weight excluding hydrogens is 312 g/mol. The largest absolute Gasteiger partial charge is 0.390 e. The second kappa shape index (κ2) is 15.4. The molecule has 2 atom stereocenters. The van der Waals surface area contributed by atoms with Crippen LogP contribution in [0.4, 0.5) is 0 Å². The van der Waals surface area contributed by atoms with Crippen LogP contribution in [0, 0.1) is 0 Å². The Morgan fingerprint density at radius 2 is 1.32 bits per heavy atom. The summed E-state index contributed by atoms with van der Waals surface area (Å²) < 4.78 is 5.61. The van der Waals surface area contributed by atoms with Crippen molar-refractivity contribution in [3.05, 3.63) is 35.9 Å². The zero-order chi connectivity index (χ0) is 18.2. The quantitative estimate of drug-likeness (QED) is 0.401. The molecule has 0 aliphatic carbocycles. The molecule has 0 amide bonds. The van der Waals surface area contributed by atoms with Gasteiger partial charge in [-0.3, -0.25) is 0 Å². The summed E-state index contributed by atoms with van der Waals surface area (Å²) in [7, 11) is 0. The third-order valence-electron chi connectivity index (χ3n) is 4.70. The van der Waals surface area contributed by atoms with E-state index in [0.717, 1.165) is 24.8 Å². The lowest BCUT2D eigenvalue weighted by Crippen LogP contribution is -2.26. The Morgan fingerprint density at radius 1 is 0.760 bits per heavy atom. The molecule has 0 aliphatic heterocycles. The van der Waals surface area contributed by atoms with Crippen LogP contribution in [0.3, 0.4) is 0 Å². The van der Waals surface area contributed by atoms with Crippen molar-refractivity contribution in [2.45, 2.75) is 96.4 Å². The van der Waals surface area contributed by atoms with Crippen molar-refractivity contribution in [3.63, 3.8) is 0 Å². The van der Waals surface area contributed by atoms with Crippen LogP contribution in [0.5, 0.6) is 0 Å². The number of hydrogen-bond donors (Lipinski definition) is 2. The lowest BCUT2D eigenvalue weighted by Gasteiger charge is -2.17. The van der Waals surface area contributed by atoms with Crippen molar-refractivity contribution in [2.75, 3.05) is 6.61 Å². The van der Waals surface area contributed by atoms with Gasteiger partial charge in [0.15, 0.2) is 0 Å². The highest BCUT2D eigenvalue weighted by Gasteiger charge is 2.15. The lowest BCUT2D eigenvalue weighted by molar-refractivity contribution is 0.00169. The average Bonchev–Trinajstić information content (AvgIpc) is 2.64. The van der Waals surface area contributed by atoms with Gasteiger partial charge in [0.1, 0.15) is 0 Å². The fourth-order valence-corrected chi connectivity index (χ4v) is 3.03. The van der Waals surface area contributed by atoms with E-state index in [1.165, 1.54) is 38.5 Å². The fraction of sp³-hybridized carbons (Fsp3) is 0.727. The van der Waals surface area contributed by atoms with Crippen LogP contribution in [0.1, 0.15) is 83.1 Å². The van der Waals surface area contributed by atoms with Crippen LogP contribution < -0.4 is 0 Å². The van der Waals surface area contributed by atoms with E-state index in [9.17, 15) is 10.2 Å². The molecule has 0 saturated carbocycles. The highest BCUT2D eigenvalue weighted by Crippen LogP contribution is 2.14. The molecule has 0 radical (unpaired) electrons. The van der Waals surface area contributed by atoms with Crippen molar-refractivity contribution in [2.24, 2.45) is 0 Å². The average molecular weight is 351 g/mol. The molecule has 0 aromatic heterocycles. The number of aliphatic hydroxyl groups excluding tert-OH is 2. The van der Waals surface area contributed by atoms with Crippen molar-refractivity contribution < 1.29 is 14.9 Å². The van der Waals surface area contributed by atoms with Gasteiger partial charge in [-0.25, -0.2) is 0 Å². The van der Waals surface area contributed by atoms with Gasteiger partial charge in [0.25, 0.3) is 0 Å². The summed E-state index contributed by atoms with van der Waals surface area (Å²) in [5.41, 5.74) is 1.16. The molecule has 0 bridgehead atoms. The molecule has 1 aromatic rings. The standard InChI is InChI=1S/C22H38O3/c1-2-3-4-5-6-7-8-12-16-21(23)22(24)17-13-18-25-19-20-14-10-9-11-15-20/h9-11,14-15,21-24H,2-8,12-13,16-19H2,1H3/t21-,22-/m0/s1. The zero-order valence-electron chi connectivity index (χ0n) is 16.0. The molecule has 0 heterocycles. The SMILES string of the molecule is CCCCCCCCCC[C@H](O)[C@@H](O)CCCOCc1ccccc1. The molecule has 25 heavy (non-hydrogen) atoms. The van der Waals surface area contributed by atoms with Crippen LogP contribution in [0.25, 0.3) is 0 Å². The lowest BCUT2D eigenvalue weighted by atomic mass is 10.0. The first-order chi connectivity index (χ1) is 12.2. The summed E-state index contributed by atoms with van der Waals surface area (Å²) in [5, 5.41) is 20.1. The second-order valence-electron chi connectivity index (χ2n) is 7.08. The highest BCUT2D eigenvalue weighted by atomic mass is 16.5. The smallest absolute Gasteiger partial charge is 0.0800 e. The molecule has 1 aromatic carbocycles. The van der Waals surface area contributed by atoms with E-state index in [-0.39, 0.29) is 0 Å². The van der Waals surface area contributed by atoms with Gasteiger partial charge < -0.3 is 14.9 Å². The molecular formula is C22H38O3. The van der Waals surface area contributed by atoms with Gasteiger partial charge in [0.2, 0.25) is 0 Å². The van der Waals surface area contributed by atoms with E-state index in [1.807, 2.05) is 30.3 Å². The van der Waals surface area contributed by atoms with Crippen LogP contribution in [0.15, 0.2) is 30.3 Å². The molecule has 2 N–H and O–H groups in total. The van der Waals surface area contributed by atoms with Crippen LogP contribution in [0.2, 0.25) is 0 Å². The first-order valence-electron chi connectivity index (χ1n) is 10.2. The van der Waals surface area contributed by atoms with Gasteiger partial charge in [-0.05, 0) is 24.8 Å². The number of ether oxygens (including phenoxy) is 1. The van der Waals surface area contributed by atoms with Gasteiger partial charge in [0.05, 0.1) is 18.8 Å². The van der Waals surface area contributed by atoms with Crippen molar-refractivity contribution in [1.82, 2.24) is 0 Å². The van der Waals surface area contributed by atoms with Crippen molar-refractivity contribution in [3.8, 4) is 0 Å². The summed E-state index contributed by atoms with van der Waals surface area (Å²) in [5.74, 6) is 0. The predicted molar refractivity (Wildman–Crippen MR) is 105 cm³/mol. The maximum atomic E-state index is 10.0. The normalized spacial score (nSPS) is 13.7. The molecule has 3 nitrogen and oxygen atoms in total. The van der Waals surface area contributed by atoms with E-state index < -0.39 is 12.2 Å². The maximum Gasteiger partial charge on any atom is 0.0800 e. The van der Waals surface area contributed by atoms with E-state index >= 15 is 0 Å². The number of unbranched alkanes of at least 4 members (excludes halogenated alkanes) is 7. The van der Waals surface area contributed by atoms with Crippen molar-refractivity contribution in [1.29, 1.82) is 0 Å². The number of aliphatic hydroxyl groups is 2. The van der Waals surface area contributed by atoms with Gasteiger partial charge >= 0.3 is 0 Å². The Bertz CT molecular complexity index is 394. The second-order valence-corrected chi connectivity index (χ2v) is 7.08. The molecule has 144 valence electrons. The van der Waals surface area contributed by atoms with Crippen LogP contribution >= 0.6 is 0 Å². The molecule has 3 heteroatoms. The van der Waals surface area contributed by atoms with E-state index in [1.54, 1.807) is 0 Å². The van der Waals surface area contributed by atoms with Gasteiger partial charge in [-0.15, -0.1) is 0 Å². The Morgan fingerprint density at radius 3 is 1.96 bits per heavy atom. The third-order valence-corrected chi connectivity index (χ3v) is 4.70. The Hall–Kier alpha value is -0.900. The number of rotatable bonds is 16. The van der Waals surface area contributed by atoms with E-state index in [4.69, 9.17) is 4.74 Å². The summed E-state index contributed by atoms with van der Waals surface area (Å²) in [6, 6.07) is 10.1. The summed E-state index contributed by atoms with van der Waals surface area (Å²) in [6.07, 6.45) is 10.9. The Labute approximate surface area is 154 Å². The molecule has 0 saturated heterocycles.